The maximum atomic E-state index is 12.2. The molecule has 1 aliphatic rings. The summed E-state index contributed by atoms with van der Waals surface area (Å²) in [6, 6.07) is 9.91. The third-order valence-corrected chi connectivity index (χ3v) is 4.12. The van der Waals surface area contributed by atoms with Crippen LogP contribution in [-0.2, 0) is 6.42 Å². The third-order valence-electron chi connectivity index (χ3n) is 4.12. The summed E-state index contributed by atoms with van der Waals surface area (Å²) in [5.74, 6) is 2.08. The number of carbonyl (C=O) groups is 1. The molecule has 6 nitrogen and oxygen atoms in total. The van der Waals surface area contributed by atoms with Crippen LogP contribution >= 0.6 is 0 Å². The molecule has 1 fully saturated rings. The molecule has 3 rings (SSSR count). The summed E-state index contributed by atoms with van der Waals surface area (Å²) in [7, 11) is 3.22. The number of aromatic nitrogens is 1. The summed E-state index contributed by atoms with van der Waals surface area (Å²) in [4.78, 5) is 16.5. The van der Waals surface area contributed by atoms with Gasteiger partial charge in [0.2, 0.25) is 0 Å². The van der Waals surface area contributed by atoms with E-state index in [0.717, 1.165) is 11.4 Å². The number of rotatable bonds is 8. The van der Waals surface area contributed by atoms with Crippen LogP contribution in [0.2, 0.25) is 0 Å². The van der Waals surface area contributed by atoms with Gasteiger partial charge in [-0.15, -0.1) is 0 Å². The molecule has 0 radical (unpaired) electrons. The third kappa shape index (κ3) is 4.41. The van der Waals surface area contributed by atoms with Crippen LogP contribution in [0.5, 0.6) is 11.5 Å². The van der Waals surface area contributed by atoms with Gasteiger partial charge in [-0.2, -0.15) is 0 Å². The normalized spacial score (nSPS) is 13.2. The average molecular weight is 341 g/mol. The quantitative estimate of drug-likeness (QED) is 0.772. The Kier molecular flexibility index (Phi) is 5.38. The van der Waals surface area contributed by atoms with E-state index >= 15 is 0 Å². The summed E-state index contributed by atoms with van der Waals surface area (Å²) < 4.78 is 10.7. The minimum Gasteiger partial charge on any atom is -0.493 e. The van der Waals surface area contributed by atoms with Crippen LogP contribution in [0.1, 0.15) is 28.8 Å². The maximum absolute atomic E-state index is 12.2. The summed E-state index contributed by atoms with van der Waals surface area (Å²) in [6.45, 7) is 0.504. The maximum Gasteiger partial charge on any atom is 0.252 e. The SMILES string of the molecule is COc1cccc(CCNC(=O)c2ccc(NC3CC3)nc2)c1OC. The van der Waals surface area contributed by atoms with Gasteiger partial charge in [0.15, 0.2) is 11.5 Å². The van der Waals surface area contributed by atoms with Gasteiger partial charge in [0, 0.05) is 18.8 Å². The molecular weight excluding hydrogens is 318 g/mol. The van der Waals surface area contributed by atoms with E-state index in [4.69, 9.17) is 9.47 Å². The number of nitrogens with one attached hydrogen (secondary N) is 2. The summed E-state index contributed by atoms with van der Waals surface area (Å²) >= 11 is 0. The second kappa shape index (κ2) is 7.88. The van der Waals surface area contributed by atoms with Gasteiger partial charge < -0.3 is 20.1 Å². The highest BCUT2D eigenvalue weighted by molar-refractivity contribution is 5.94. The molecule has 0 aliphatic heterocycles. The van der Waals surface area contributed by atoms with E-state index < -0.39 is 0 Å². The van der Waals surface area contributed by atoms with Gasteiger partial charge in [-0.1, -0.05) is 12.1 Å². The number of anilines is 1. The number of hydrogen-bond donors (Lipinski definition) is 2. The van der Waals surface area contributed by atoms with Crippen molar-refractivity contribution in [3.8, 4) is 11.5 Å². The van der Waals surface area contributed by atoms with Gasteiger partial charge in [0.1, 0.15) is 5.82 Å². The smallest absolute Gasteiger partial charge is 0.252 e. The minimum absolute atomic E-state index is 0.132. The molecule has 0 spiro atoms. The van der Waals surface area contributed by atoms with Crippen molar-refractivity contribution in [2.75, 3.05) is 26.1 Å². The Morgan fingerprint density at radius 1 is 1.20 bits per heavy atom. The number of benzene rings is 1. The van der Waals surface area contributed by atoms with Crippen molar-refractivity contribution in [2.24, 2.45) is 0 Å². The zero-order chi connectivity index (χ0) is 17.6. The average Bonchev–Trinajstić information content (AvgIpc) is 3.46. The first-order valence-corrected chi connectivity index (χ1v) is 8.42. The van der Waals surface area contributed by atoms with Gasteiger partial charge >= 0.3 is 0 Å². The van der Waals surface area contributed by atoms with E-state index in [-0.39, 0.29) is 5.91 Å². The number of hydrogen-bond acceptors (Lipinski definition) is 5. The van der Waals surface area contributed by atoms with E-state index in [1.807, 2.05) is 24.3 Å². The number of carbonyl (C=O) groups excluding carboxylic acids is 1. The first-order chi connectivity index (χ1) is 12.2. The highest BCUT2D eigenvalue weighted by atomic mass is 16.5. The predicted octanol–water partition coefficient (Wildman–Crippen LogP) is 2.65. The Balaban J connectivity index is 1.54. The molecule has 0 unspecified atom stereocenters. The van der Waals surface area contributed by atoms with Gasteiger partial charge in [-0.25, -0.2) is 4.98 Å². The number of methoxy groups -OCH3 is 2. The van der Waals surface area contributed by atoms with Crippen LogP contribution in [0.15, 0.2) is 36.5 Å². The lowest BCUT2D eigenvalue weighted by Crippen LogP contribution is -2.26. The highest BCUT2D eigenvalue weighted by Crippen LogP contribution is 2.30. The summed E-state index contributed by atoms with van der Waals surface area (Å²) in [5.41, 5.74) is 1.54. The van der Waals surface area contributed by atoms with Crippen LogP contribution in [0.3, 0.4) is 0 Å². The lowest BCUT2D eigenvalue weighted by Gasteiger charge is -2.13. The molecule has 132 valence electrons. The van der Waals surface area contributed by atoms with E-state index in [0.29, 0.717) is 36.1 Å². The molecule has 0 bridgehead atoms. The predicted molar refractivity (Wildman–Crippen MR) is 96.5 cm³/mol. The van der Waals surface area contributed by atoms with E-state index in [1.165, 1.54) is 12.8 Å². The van der Waals surface area contributed by atoms with E-state index in [9.17, 15) is 4.79 Å². The Morgan fingerprint density at radius 2 is 2.04 bits per heavy atom. The molecule has 2 N–H and O–H groups in total. The minimum atomic E-state index is -0.132. The Hall–Kier alpha value is -2.76. The number of pyridine rings is 1. The number of para-hydroxylation sites is 1. The fraction of sp³-hybridized carbons (Fsp3) is 0.368. The second-order valence-corrected chi connectivity index (χ2v) is 6.01. The standard InChI is InChI=1S/C19H23N3O3/c1-24-16-5-3-4-13(18(16)25-2)10-11-20-19(23)14-6-9-17(21-12-14)22-15-7-8-15/h3-6,9,12,15H,7-8,10-11H2,1-2H3,(H,20,23)(H,21,22). The van der Waals surface area contributed by atoms with Crippen molar-refractivity contribution >= 4 is 11.7 Å². The van der Waals surface area contributed by atoms with E-state index in [1.54, 1.807) is 26.5 Å². The van der Waals surface area contributed by atoms with Gasteiger partial charge in [-0.3, -0.25) is 4.79 Å². The Bertz CT molecular complexity index is 727. The largest absolute Gasteiger partial charge is 0.493 e. The zero-order valence-corrected chi connectivity index (χ0v) is 14.5. The first-order valence-electron chi connectivity index (χ1n) is 8.42. The molecule has 6 heteroatoms. The molecular formula is C19H23N3O3. The fourth-order valence-corrected chi connectivity index (χ4v) is 2.61. The summed E-state index contributed by atoms with van der Waals surface area (Å²) in [6.07, 6.45) is 4.64. The molecule has 0 saturated heterocycles. The first kappa shape index (κ1) is 17.1. The van der Waals surface area contributed by atoms with E-state index in [2.05, 4.69) is 15.6 Å². The topological polar surface area (TPSA) is 72.5 Å². The van der Waals surface area contributed by atoms with Gasteiger partial charge in [-0.05, 0) is 43.0 Å². The van der Waals surface area contributed by atoms with Crippen molar-refractivity contribution in [1.29, 1.82) is 0 Å². The molecule has 2 aromatic rings. The summed E-state index contributed by atoms with van der Waals surface area (Å²) in [5, 5.41) is 6.21. The Labute approximate surface area is 147 Å². The number of nitrogens with zero attached hydrogens (tertiary/aromatic N) is 1. The van der Waals surface area contributed by atoms with Gasteiger partial charge in [0.25, 0.3) is 5.91 Å². The van der Waals surface area contributed by atoms with Crippen LogP contribution in [0, 0.1) is 0 Å². The molecule has 1 aromatic carbocycles. The van der Waals surface area contributed by atoms with Gasteiger partial charge in [0.05, 0.1) is 19.8 Å². The van der Waals surface area contributed by atoms with Crippen LogP contribution < -0.4 is 20.1 Å². The lowest BCUT2D eigenvalue weighted by atomic mass is 10.1. The molecule has 1 aromatic heterocycles. The monoisotopic (exact) mass is 341 g/mol. The molecule has 1 heterocycles. The molecule has 0 atom stereocenters. The van der Waals surface area contributed by atoms with Crippen molar-refractivity contribution < 1.29 is 14.3 Å². The molecule has 25 heavy (non-hydrogen) atoms. The van der Waals surface area contributed by atoms with Crippen LogP contribution in [0.25, 0.3) is 0 Å². The second-order valence-electron chi connectivity index (χ2n) is 6.01. The molecule has 1 amide bonds. The zero-order valence-electron chi connectivity index (χ0n) is 14.5. The van der Waals surface area contributed by atoms with Crippen molar-refractivity contribution in [2.45, 2.75) is 25.3 Å². The van der Waals surface area contributed by atoms with Crippen molar-refractivity contribution in [3.05, 3.63) is 47.7 Å². The highest BCUT2D eigenvalue weighted by Gasteiger charge is 2.21. The lowest BCUT2D eigenvalue weighted by molar-refractivity contribution is 0.0953. The van der Waals surface area contributed by atoms with Crippen molar-refractivity contribution in [1.82, 2.24) is 10.3 Å². The number of ether oxygens (including phenoxy) is 2. The number of amides is 1. The molecule has 1 aliphatic carbocycles. The fourth-order valence-electron chi connectivity index (χ4n) is 2.61. The van der Waals surface area contributed by atoms with Crippen LogP contribution in [0.4, 0.5) is 5.82 Å². The Morgan fingerprint density at radius 3 is 2.68 bits per heavy atom. The molecule has 1 saturated carbocycles. The van der Waals surface area contributed by atoms with Crippen molar-refractivity contribution in [3.63, 3.8) is 0 Å². The van der Waals surface area contributed by atoms with Crippen LogP contribution in [-0.4, -0.2) is 37.7 Å².